The molecule has 0 radical (unpaired) electrons. The van der Waals surface area contributed by atoms with Crippen molar-refractivity contribution in [3.05, 3.63) is 0 Å². The summed E-state index contributed by atoms with van der Waals surface area (Å²) in [5, 5.41) is 17.0. The highest BCUT2D eigenvalue weighted by atomic mass is 16.5. The van der Waals surface area contributed by atoms with Crippen LogP contribution in [0.5, 0.6) is 0 Å². The molecule has 0 aromatic heterocycles. The summed E-state index contributed by atoms with van der Waals surface area (Å²) in [5.74, 6) is -4.35. The van der Waals surface area contributed by atoms with Crippen molar-refractivity contribution >= 4 is 11.9 Å². The van der Waals surface area contributed by atoms with E-state index in [-0.39, 0.29) is 19.8 Å². The first kappa shape index (κ1) is 14.8. The molecule has 0 aliphatic heterocycles. The first-order valence-electron chi connectivity index (χ1n) is 4.69. The van der Waals surface area contributed by atoms with E-state index in [1.165, 1.54) is 0 Å². The van der Waals surface area contributed by atoms with Crippen LogP contribution in [0.4, 0.5) is 0 Å². The van der Waals surface area contributed by atoms with E-state index in [0.717, 1.165) is 0 Å². The molecule has 0 aliphatic rings. The predicted molar refractivity (Wildman–Crippen MR) is 52.3 cm³/mol. The first-order chi connectivity index (χ1) is 7.59. The molecule has 0 heterocycles. The molecule has 0 bridgehead atoms. The Kier molecular flexibility index (Phi) is 8.41. The Morgan fingerprint density at radius 1 is 1.00 bits per heavy atom. The summed E-state index contributed by atoms with van der Waals surface area (Å²) in [7, 11) is 1.55. The lowest BCUT2D eigenvalue weighted by atomic mass is 10.2. The minimum atomic E-state index is -1.53. The average Bonchev–Trinajstić information content (AvgIpc) is 2.21. The van der Waals surface area contributed by atoms with Gasteiger partial charge in [-0.15, -0.1) is 0 Å². The third-order valence-corrected chi connectivity index (χ3v) is 1.68. The molecule has 0 saturated carbocycles. The van der Waals surface area contributed by atoms with Crippen molar-refractivity contribution in [2.75, 3.05) is 40.1 Å². The molecule has 0 unspecified atom stereocenters. The number of methoxy groups -OCH3 is 1. The number of ether oxygens (including phenoxy) is 3. The number of hydrogen-bond donors (Lipinski definition) is 2. The molecule has 0 atom stereocenters. The second kappa shape index (κ2) is 9.08. The van der Waals surface area contributed by atoms with Crippen LogP contribution in [0.15, 0.2) is 0 Å². The second-order valence-electron chi connectivity index (χ2n) is 2.91. The molecule has 0 fully saturated rings. The Hall–Kier alpha value is -1.18. The monoisotopic (exact) mass is 236 g/mol. The number of aliphatic carboxylic acids is 2. The summed E-state index contributed by atoms with van der Waals surface area (Å²) in [5.41, 5.74) is 0. The van der Waals surface area contributed by atoms with E-state index in [4.69, 9.17) is 24.4 Å². The fraction of sp³-hybridized carbons (Fsp3) is 0.778. The third kappa shape index (κ3) is 7.16. The van der Waals surface area contributed by atoms with Crippen LogP contribution >= 0.6 is 0 Å². The summed E-state index contributed by atoms with van der Waals surface area (Å²) in [6.07, 6.45) is 0. The van der Waals surface area contributed by atoms with Crippen molar-refractivity contribution in [1.29, 1.82) is 0 Å². The summed E-state index contributed by atoms with van der Waals surface area (Å²) in [6, 6.07) is 0. The molecule has 94 valence electrons. The van der Waals surface area contributed by atoms with Gasteiger partial charge in [0.2, 0.25) is 0 Å². The highest BCUT2D eigenvalue weighted by Gasteiger charge is 2.25. The summed E-state index contributed by atoms with van der Waals surface area (Å²) < 4.78 is 14.6. The molecule has 16 heavy (non-hydrogen) atoms. The van der Waals surface area contributed by atoms with Crippen LogP contribution in [-0.2, 0) is 23.8 Å². The van der Waals surface area contributed by atoms with E-state index in [9.17, 15) is 9.59 Å². The smallest absolute Gasteiger partial charge is 0.320 e. The van der Waals surface area contributed by atoms with Crippen LogP contribution in [0.1, 0.15) is 0 Å². The first-order valence-corrected chi connectivity index (χ1v) is 4.69. The zero-order valence-corrected chi connectivity index (χ0v) is 9.05. The van der Waals surface area contributed by atoms with Gasteiger partial charge < -0.3 is 24.4 Å². The van der Waals surface area contributed by atoms with Crippen molar-refractivity contribution in [3.8, 4) is 0 Å². The van der Waals surface area contributed by atoms with Crippen LogP contribution in [0.3, 0.4) is 0 Å². The van der Waals surface area contributed by atoms with Gasteiger partial charge >= 0.3 is 11.9 Å². The topological polar surface area (TPSA) is 102 Å². The minimum Gasteiger partial charge on any atom is -0.481 e. The Bertz CT molecular complexity index is 202. The van der Waals surface area contributed by atoms with Crippen molar-refractivity contribution in [3.63, 3.8) is 0 Å². The second-order valence-corrected chi connectivity index (χ2v) is 2.91. The van der Waals surface area contributed by atoms with Crippen LogP contribution < -0.4 is 0 Å². The van der Waals surface area contributed by atoms with Gasteiger partial charge in [-0.1, -0.05) is 0 Å². The average molecular weight is 236 g/mol. The van der Waals surface area contributed by atoms with Crippen LogP contribution in [0.2, 0.25) is 0 Å². The molecule has 0 aromatic rings. The van der Waals surface area contributed by atoms with Gasteiger partial charge in [-0.05, 0) is 0 Å². The quantitative estimate of drug-likeness (QED) is 0.387. The maximum absolute atomic E-state index is 10.4. The predicted octanol–water partition coefficient (Wildman–Crippen LogP) is -0.549. The number of carboxylic acids is 2. The Labute approximate surface area is 92.9 Å². The number of rotatable bonds is 10. The molecule has 7 heteroatoms. The lowest BCUT2D eigenvalue weighted by Gasteiger charge is -2.08. The molecule has 2 N–H and O–H groups in total. The minimum absolute atomic E-state index is 0.154. The highest BCUT2D eigenvalue weighted by molar-refractivity contribution is 5.92. The van der Waals surface area contributed by atoms with E-state index >= 15 is 0 Å². The fourth-order valence-corrected chi connectivity index (χ4v) is 0.812. The maximum Gasteiger partial charge on any atom is 0.320 e. The zero-order valence-electron chi connectivity index (χ0n) is 9.05. The standard InChI is InChI=1S/C9H16O7/c1-14-2-3-15-4-5-16-6-7(8(10)11)9(12)13/h7H,2-6H2,1H3,(H,10,11)(H,12,13). The molecule has 0 saturated heterocycles. The normalized spacial score (nSPS) is 10.6. The van der Waals surface area contributed by atoms with Crippen molar-refractivity contribution in [2.45, 2.75) is 0 Å². The van der Waals surface area contributed by atoms with E-state index in [1.807, 2.05) is 0 Å². The van der Waals surface area contributed by atoms with Gasteiger partial charge in [0.1, 0.15) is 0 Å². The van der Waals surface area contributed by atoms with E-state index in [2.05, 4.69) is 0 Å². The third-order valence-electron chi connectivity index (χ3n) is 1.68. The number of carboxylic acid groups (broad SMARTS) is 2. The zero-order chi connectivity index (χ0) is 12.4. The van der Waals surface area contributed by atoms with E-state index in [1.54, 1.807) is 7.11 Å². The Morgan fingerprint density at radius 3 is 2.00 bits per heavy atom. The summed E-state index contributed by atoms with van der Waals surface area (Å²) in [6.45, 7) is 0.947. The lowest BCUT2D eigenvalue weighted by molar-refractivity contribution is -0.157. The van der Waals surface area contributed by atoms with E-state index < -0.39 is 17.9 Å². The maximum atomic E-state index is 10.4. The molecular weight excluding hydrogens is 220 g/mol. The van der Waals surface area contributed by atoms with Gasteiger partial charge in [0, 0.05) is 7.11 Å². The van der Waals surface area contributed by atoms with Crippen molar-refractivity contribution in [1.82, 2.24) is 0 Å². The van der Waals surface area contributed by atoms with Crippen molar-refractivity contribution < 1.29 is 34.0 Å². The van der Waals surface area contributed by atoms with Crippen LogP contribution in [0.25, 0.3) is 0 Å². The van der Waals surface area contributed by atoms with Crippen LogP contribution in [0, 0.1) is 5.92 Å². The molecule has 0 amide bonds. The lowest BCUT2D eigenvalue weighted by Crippen LogP contribution is -2.28. The molecule has 0 spiro atoms. The molecular formula is C9H16O7. The van der Waals surface area contributed by atoms with Gasteiger partial charge in [-0.2, -0.15) is 0 Å². The SMILES string of the molecule is COCCOCCOCC(C(=O)O)C(=O)O. The highest BCUT2D eigenvalue weighted by Crippen LogP contribution is 1.98. The largest absolute Gasteiger partial charge is 0.481 e. The van der Waals surface area contributed by atoms with Crippen LogP contribution in [-0.4, -0.2) is 62.3 Å². The van der Waals surface area contributed by atoms with Gasteiger partial charge in [0.15, 0.2) is 5.92 Å². The molecule has 7 nitrogen and oxygen atoms in total. The fourth-order valence-electron chi connectivity index (χ4n) is 0.812. The van der Waals surface area contributed by atoms with E-state index in [0.29, 0.717) is 13.2 Å². The summed E-state index contributed by atoms with van der Waals surface area (Å²) in [4.78, 5) is 20.9. The summed E-state index contributed by atoms with van der Waals surface area (Å²) >= 11 is 0. The molecule has 0 aliphatic carbocycles. The van der Waals surface area contributed by atoms with Crippen molar-refractivity contribution in [2.24, 2.45) is 5.92 Å². The van der Waals surface area contributed by atoms with Gasteiger partial charge in [0.25, 0.3) is 0 Å². The Morgan fingerprint density at radius 2 is 1.50 bits per heavy atom. The number of hydrogen-bond acceptors (Lipinski definition) is 5. The van der Waals surface area contributed by atoms with Gasteiger partial charge in [0.05, 0.1) is 33.0 Å². The molecule has 0 aromatic carbocycles. The number of carbonyl (C=O) groups is 2. The Balaban J connectivity index is 3.48. The van der Waals surface area contributed by atoms with Gasteiger partial charge in [-0.25, -0.2) is 0 Å². The molecule has 0 rings (SSSR count). The van der Waals surface area contributed by atoms with Gasteiger partial charge in [-0.3, -0.25) is 9.59 Å².